The third kappa shape index (κ3) is 3.31. The van der Waals surface area contributed by atoms with Crippen LogP contribution >= 0.6 is 0 Å². The minimum Gasteiger partial charge on any atom is -0.409 e. The molecule has 6 nitrogen and oxygen atoms in total. The molecule has 1 heterocycles. The first kappa shape index (κ1) is 16.1. The van der Waals surface area contributed by atoms with E-state index in [-0.39, 0.29) is 17.3 Å². The molecular weight excluding hydrogens is 270 g/mol. The monoisotopic (exact) mass is 297 g/mol. The molecule has 2 fully saturated rings. The Hall–Kier alpha value is -1.30. The Morgan fingerprint density at radius 2 is 1.86 bits per heavy atom. The van der Waals surface area contributed by atoms with Crippen molar-refractivity contribution in [1.82, 2.24) is 4.90 Å². The first-order valence-electron chi connectivity index (χ1n) is 7.83. The van der Waals surface area contributed by atoms with Crippen LogP contribution in [0, 0.1) is 5.41 Å². The van der Waals surface area contributed by atoms with E-state index in [0.717, 1.165) is 25.7 Å². The van der Waals surface area contributed by atoms with E-state index in [1.807, 2.05) is 18.7 Å². The Morgan fingerprint density at radius 3 is 2.38 bits per heavy atom. The predicted molar refractivity (Wildman–Crippen MR) is 80.2 cm³/mol. The van der Waals surface area contributed by atoms with Gasteiger partial charge in [-0.05, 0) is 26.7 Å². The van der Waals surface area contributed by atoms with Gasteiger partial charge in [-0.25, -0.2) is 0 Å². The van der Waals surface area contributed by atoms with Crippen LogP contribution in [0.15, 0.2) is 5.16 Å². The highest BCUT2D eigenvalue weighted by atomic mass is 16.5. The molecule has 0 radical (unpaired) electrons. The first-order chi connectivity index (χ1) is 9.91. The van der Waals surface area contributed by atoms with Crippen molar-refractivity contribution in [2.24, 2.45) is 16.3 Å². The summed E-state index contributed by atoms with van der Waals surface area (Å²) in [7, 11) is 0. The second-order valence-electron chi connectivity index (χ2n) is 6.82. The Labute approximate surface area is 126 Å². The van der Waals surface area contributed by atoms with Gasteiger partial charge < -0.3 is 20.6 Å². The molecule has 2 aliphatic rings. The molecule has 1 aliphatic carbocycles. The summed E-state index contributed by atoms with van der Waals surface area (Å²) in [6.45, 7) is 5.62. The lowest BCUT2D eigenvalue weighted by atomic mass is 9.77. The number of nitrogens with zero attached hydrogens (tertiary/aromatic N) is 2. The third-order valence-electron chi connectivity index (χ3n) is 4.68. The Morgan fingerprint density at radius 1 is 1.24 bits per heavy atom. The van der Waals surface area contributed by atoms with Crippen molar-refractivity contribution in [1.29, 1.82) is 0 Å². The lowest BCUT2D eigenvalue weighted by Gasteiger charge is -2.42. The average molecular weight is 297 g/mol. The largest absolute Gasteiger partial charge is 0.409 e. The maximum absolute atomic E-state index is 13.1. The highest BCUT2D eigenvalue weighted by Crippen LogP contribution is 2.38. The lowest BCUT2D eigenvalue weighted by Crippen LogP contribution is -2.57. The zero-order valence-corrected chi connectivity index (χ0v) is 13.1. The number of amidine groups is 1. The second kappa shape index (κ2) is 6.22. The lowest BCUT2D eigenvalue weighted by molar-refractivity contribution is -0.153. The fourth-order valence-corrected chi connectivity index (χ4v) is 3.50. The Balaban J connectivity index is 2.25. The maximum atomic E-state index is 13.1. The molecule has 1 saturated carbocycles. The van der Waals surface area contributed by atoms with Gasteiger partial charge in [-0.15, -0.1) is 0 Å². The average Bonchev–Trinajstić information content (AvgIpc) is 2.71. The predicted octanol–water partition coefficient (Wildman–Crippen LogP) is 1.71. The number of carbonyl (C=O) groups is 1. The summed E-state index contributed by atoms with van der Waals surface area (Å²) in [5.74, 6) is 0.0646. The van der Waals surface area contributed by atoms with E-state index < -0.39 is 5.41 Å². The summed E-state index contributed by atoms with van der Waals surface area (Å²) in [6.07, 6.45) is 5.41. The van der Waals surface area contributed by atoms with Crippen molar-refractivity contribution in [3.8, 4) is 0 Å². The molecule has 0 unspecified atom stereocenters. The maximum Gasteiger partial charge on any atom is 0.236 e. The molecule has 0 atom stereocenters. The summed E-state index contributed by atoms with van der Waals surface area (Å²) in [6, 6.07) is 0. The van der Waals surface area contributed by atoms with Gasteiger partial charge >= 0.3 is 0 Å². The number of amides is 1. The minimum absolute atomic E-state index is 0.00363. The van der Waals surface area contributed by atoms with Crippen molar-refractivity contribution in [3.05, 3.63) is 0 Å². The van der Waals surface area contributed by atoms with Crippen LogP contribution < -0.4 is 5.73 Å². The van der Waals surface area contributed by atoms with Gasteiger partial charge in [-0.3, -0.25) is 4.79 Å². The van der Waals surface area contributed by atoms with E-state index in [9.17, 15) is 4.79 Å². The molecule has 0 spiro atoms. The number of carbonyl (C=O) groups excluding carboxylic acids is 1. The normalized spacial score (nSPS) is 26.2. The van der Waals surface area contributed by atoms with Gasteiger partial charge in [-0.1, -0.05) is 30.8 Å². The molecule has 0 aromatic heterocycles. The van der Waals surface area contributed by atoms with E-state index in [0.29, 0.717) is 32.5 Å². The van der Waals surface area contributed by atoms with E-state index >= 15 is 0 Å². The molecule has 1 amide bonds. The number of morpholine rings is 1. The van der Waals surface area contributed by atoms with Crippen LogP contribution in [0.1, 0.15) is 52.4 Å². The molecule has 1 aliphatic heterocycles. The van der Waals surface area contributed by atoms with Gasteiger partial charge in [0.05, 0.1) is 12.2 Å². The van der Waals surface area contributed by atoms with Gasteiger partial charge in [0, 0.05) is 13.1 Å². The van der Waals surface area contributed by atoms with Gasteiger partial charge in [0.1, 0.15) is 5.41 Å². The summed E-state index contributed by atoms with van der Waals surface area (Å²) >= 11 is 0. The van der Waals surface area contributed by atoms with E-state index in [1.165, 1.54) is 0 Å². The standard InChI is InChI=1S/C15H27N3O3/c1-14(2)11-18(9-10-21-14)13(19)15(12(16)17-20)7-5-3-4-6-8-15/h20H,3-11H2,1-2H3,(H2,16,17). The summed E-state index contributed by atoms with van der Waals surface area (Å²) in [5, 5.41) is 12.4. The van der Waals surface area contributed by atoms with E-state index in [2.05, 4.69) is 5.16 Å². The van der Waals surface area contributed by atoms with Crippen molar-refractivity contribution >= 4 is 11.7 Å². The molecule has 21 heavy (non-hydrogen) atoms. The van der Waals surface area contributed by atoms with Crippen LogP contribution in [-0.4, -0.2) is 47.1 Å². The molecule has 3 N–H and O–H groups in total. The molecule has 2 rings (SSSR count). The molecule has 120 valence electrons. The van der Waals surface area contributed by atoms with Crippen molar-refractivity contribution < 1.29 is 14.7 Å². The molecule has 0 aromatic rings. The fraction of sp³-hybridized carbons (Fsp3) is 0.867. The van der Waals surface area contributed by atoms with Gasteiger partial charge in [0.25, 0.3) is 0 Å². The zero-order chi connectivity index (χ0) is 15.5. The summed E-state index contributed by atoms with van der Waals surface area (Å²) < 4.78 is 5.67. The number of oxime groups is 1. The highest BCUT2D eigenvalue weighted by molar-refractivity contribution is 6.06. The third-order valence-corrected chi connectivity index (χ3v) is 4.68. The number of rotatable bonds is 2. The van der Waals surface area contributed by atoms with Crippen LogP contribution in [0.3, 0.4) is 0 Å². The van der Waals surface area contributed by atoms with Crippen LogP contribution in [0.4, 0.5) is 0 Å². The van der Waals surface area contributed by atoms with Crippen molar-refractivity contribution in [3.63, 3.8) is 0 Å². The number of hydrogen-bond acceptors (Lipinski definition) is 4. The molecule has 6 heteroatoms. The SMILES string of the molecule is CC1(C)CN(C(=O)C2(C(N)=NO)CCCCCC2)CCO1. The first-order valence-corrected chi connectivity index (χ1v) is 7.83. The highest BCUT2D eigenvalue weighted by Gasteiger charge is 2.46. The number of ether oxygens (including phenoxy) is 1. The topological polar surface area (TPSA) is 88.2 Å². The quantitative estimate of drug-likeness (QED) is 0.267. The van der Waals surface area contributed by atoms with Crippen LogP contribution in [0.25, 0.3) is 0 Å². The molecular formula is C15H27N3O3. The molecule has 0 bridgehead atoms. The number of nitrogens with two attached hydrogens (primary N) is 1. The van der Waals surface area contributed by atoms with Crippen molar-refractivity contribution in [2.75, 3.05) is 19.7 Å². The van der Waals surface area contributed by atoms with Crippen LogP contribution in [0.2, 0.25) is 0 Å². The van der Waals surface area contributed by atoms with Crippen LogP contribution in [-0.2, 0) is 9.53 Å². The fourth-order valence-electron chi connectivity index (χ4n) is 3.50. The minimum atomic E-state index is -0.835. The van der Waals surface area contributed by atoms with E-state index in [1.54, 1.807) is 0 Å². The van der Waals surface area contributed by atoms with Crippen molar-refractivity contribution in [2.45, 2.75) is 58.0 Å². The van der Waals surface area contributed by atoms with Gasteiger partial charge in [0.2, 0.25) is 5.91 Å². The van der Waals surface area contributed by atoms with Crippen LogP contribution in [0.5, 0.6) is 0 Å². The molecule has 1 saturated heterocycles. The van der Waals surface area contributed by atoms with Gasteiger partial charge in [0.15, 0.2) is 5.84 Å². The Kier molecular flexibility index (Phi) is 4.76. The summed E-state index contributed by atoms with van der Waals surface area (Å²) in [5.41, 5.74) is 4.77. The summed E-state index contributed by atoms with van der Waals surface area (Å²) in [4.78, 5) is 14.9. The molecule has 0 aromatic carbocycles. The smallest absolute Gasteiger partial charge is 0.236 e. The van der Waals surface area contributed by atoms with E-state index in [4.69, 9.17) is 15.7 Å². The second-order valence-corrected chi connectivity index (χ2v) is 6.82. The van der Waals surface area contributed by atoms with Gasteiger partial charge in [-0.2, -0.15) is 0 Å². The Bertz CT molecular complexity index is 412. The zero-order valence-electron chi connectivity index (χ0n) is 13.1. The number of hydrogen-bond donors (Lipinski definition) is 2.